The van der Waals surface area contributed by atoms with E-state index in [2.05, 4.69) is 17.2 Å². The maximum Gasteiger partial charge on any atom is 0.225 e. The van der Waals surface area contributed by atoms with E-state index < -0.39 is 0 Å². The van der Waals surface area contributed by atoms with Crippen LogP contribution in [0.1, 0.15) is 51.0 Å². The van der Waals surface area contributed by atoms with E-state index in [4.69, 9.17) is 5.73 Å². The van der Waals surface area contributed by atoms with Gasteiger partial charge in [-0.25, -0.2) is 4.98 Å². The van der Waals surface area contributed by atoms with Gasteiger partial charge in [0.2, 0.25) is 5.91 Å². The van der Waals surface area contributed by atoms with Crippen LogP contribution in [0.3, 0.4) is 0 Å². The monoisotopic (exact) mass is 249 g/mol. The number of carbonyl (C=O) groups is 1. The van der Waals surface area contributed by atoms with Gasteiger partial charge < -0.3 is 11.1 Å². The number of nitrogens with one attached hydrogen (secondary N) is 1. The Bertz CT molecular complexity index is 349. The summed E-state index contributed by atoms with van der Waals surface area (Å²) in [7, 11) is 0. The van der Waals surface area contributed by atoms with Crippen molar-refractivity contribution in [2.45, 2.75) is 52.0 Å². The first-order valence-electron chi connectivity index (χ1n) is 6.71. The summed E-state index contributed by atoms with van der Waals surface area (Å²) in [6.45, 7) is 2.65. The Morgan fingerprint density at radius 1 is 1.28 bits per heavy atom. The number of nitrogens with zero attached hydrogens (tertiary/aromatic N) is 1. The number of amides is 1. The van der Waals surface area contributed by atoms with Gasteiger partial charge in [-0.1, -0.05) is 38.7 Å². The average Bonchev–Trinajstić information content (AvgIpc) is 2.39. The first-order chi connectivity index (χ1) is 8.76. The zero-order valence-electron chi connectivity index (χ0n) is 11.1. The number of aromatic nitrogens is 1. The first kappa shape index (κ1) is 14.6. The van der Waals surface area contributed by atoms with Gasteiger partial charge >= 0.3 is 0 Å². The molecule has 18 heavy (non-hydrogen) atoms. The van der Waals surface area contributed by atoms with Crippen molar-refractivity contribution in [3.05, 3.63) is 23.9 Å². The molecule has 0 aromatic carbocycles. The second-order valence-electron chi connectivity index (χ2n) is 4.47. The van der Waals surface area contributed by atoms with Crippen molar-refractivity contribution < 1.29 is 4.79 Å². The zero-order valence-corrected chi connectivity index (χ0v) is 11.1. The van der Waals surface area contributed by atoms with Crippen LogP contribution in [-0.4, -0.2) is 10.9 Å². The van der Waals surface area contributed by atoms with Crippen molar-refractivity contribution in [2.75, 3.05) is 5.32 Å². The molecule has 1 aromatic heterocycles. The fourth-order valence-electron chi connectivity index (χ4n) is 1.71. The van der Waals surface area contributed by atoms with E-state index in [1.165, 1.54) is 19.3 Å². The molecule has 0 saturated carbocycles. The lowest BCUT2D eigenvalue weighted by molar-refractivity contribution is -0.116. The van der Waals surface area contributed by atoms with Crippen LogP contribution in [0.15, 0.2) is 18.3 Å². The molecule has 1 heterocycles. The second-order valence-corrected chi connectivity index (χ2v) is 4.47. The van der Waals surface area contributed by atoms with Gasteiger partial charge in [0.1, 0.15) is 5.82 Å². The van der Waals surface area contributed by atoms with E-state index in [0.29, 0.717) is 18.8 Å². The molecule has 0 atom stereocenters. The van der Waals surface area contributed by atoms with Gasteiger partial charge in [0.05, 0.1) is 0 Å². The molecule has 3 N–H and O–H groups in total. The molecule has 4 heteroatoms. The highest BCUT2D eigenvalue weighted by Gasteiger charge is 2.02. The third kappa shape index (κ3) is 5.77. The number of anilines is 1. The number of unbranched alkanes of at least 4 members (excludes halogenated alkanes) is 4. The molecule has 100 valence electrons. The van der Waals surface area contributed by atoms with Crippen LogP contribution in [0.25, 0.3) is 0 Å². The van der Waals surface area contributed by atoms with E-state index in [1.54, 1.807) is 12.3 Å². The van der Waals surface area contributed by atoms with E-state index in [-0.39, 0.29) is 5.91 Å². The Hall–Kier alpha value is -1.42. The highest BCUT2D eigenvalue weighted by Crippen LogP contribution is 2.08. The van der Waals surface area contributed by atoms with Crippen LogP contribution in [0, 0.1) is 0 Å². The normalized spacial score (nSPS) is 10.3. The van der Waals surface area contributed by atoms with Crippen LogP contribution >= 0.6 is 0 Å². The average molecular weight is 249 g/mol. The molecule has 0 aliphatic heterocycles. The van der Waals surface area contributed by atoms with Crippen LogP contribution in [0.2, 0.25) is 0 Å². The number of hydrogen-bond acceptors (Lipinski definition) is 3. The fraction of sp³-hybridized carbons (Fsp3) is 0.571. The van der Waals surface area contributed by atoms with Crippen molar-refractivity contribution in [1.29, 1.82) is 0 Å². The van der Waals surface area contributed by atoms with Crippen LogP contribution in [0.5, 0.6) is 0 Å². The minimum absolute atomic E-state index is 0.0412. The smallest absolute Gasteiger partial charge is 0.225 e. The quantitative estimate of drug-likeness (QED) is 0.696. The number of carbonyl (C=O) groups excluding carboxylic acids is 1. The number of nitrogens with two attached hydrogens (primary N) is 1. The second kappa shape index (κ2) is 8.64. The van der Waals surface area contributed by atoms with E-state index in [0.717, 1.165) is 18.4 Å². The Labute approximate surface area is 109 Å². The molecule has 0 unspecified atom stereocenters. The lowest BCUT2D eigenvalue weighted by Gasteiger charge is -2.05. The maximum absolute atomic E-state index is 11.6. The van der Waals surface area contributed by atoms with E-state index >= 15 is 0 Å². The van der Waals surface area contributed by atoms with Crippen molar-refractivity contribution in [3.63, 3.8) is 0 Å². The molecule has 0 saturated heterocycles. The Balaban J connectivity index is 2.22. The van der Waals surface area contributed by atoms with Gasteiger partial charge in [-0.2, -0.15) is 0 Å². The molecule has 1 amide bonds. The Morgan fingerprint density at radius 2 is 2.06 bits per heavy atom. The predicted octanol–water partition coefficient (Wildman–Crippen LogP) is 2.84. The fourth-order valence-corrected chi connectivity index (χ4v) is 1.71. The molecule has 0 spiro atoms. The van der Waals surface area contributed by atoms with Crippen molar-refractivity contribution in [2.24, 2.45) is 5.73 Å². The largest absolute Gasteiger partial charge is 0.326 e. The summed E-state index contributed by atoms with van der Waals surface area (Å²) in [5, 5.41) is 2.79. The minimum Gasteiger partial charge on any atom is -0.326 e. The predicted molar refractivity (Wildman–Crippen MR) is 74.1 cm³/mol. The van der Waals surface area contributed by atoms with Gasteiger partial charge in [0.15, 0.2) is 0 Å². The lowest BCUT2D eigenvalue weighted by Crippen LogP contribution is -2.12. The summed E-state index contributed by atoms with van der Waals surface area (Å²) in [6, 6.07) is 3.67. The summed E-state index contributed by atoms with van der Waals surface area (Å²) in [6.07, 6.45) is 8.04. The Morgan fingerprint density at radius 3 is 2.67 bits per heavy atom. The van der Waals surface area contributed by atoms with Crippen LogP contribution in [-0.2, 0) is 11.3 Å². The molecule has 0 radical (unpaired) electrons. The van der Waals surface area contributed by atoms with E-state index in [9.17, 15) is 4.79 Å². The summed E-state index contributed by atoms with van der Waals surface area (Å²) in [5.41, 5.74) is 6.44. The molecular weight excluding hydrogens is 226 g/mol. The third-order valence-corrected chi connectivity index (χ3v) is 2.84. The molecule has 0 aliphatic carbocycles. The summed E-state index contributed by atoms with van der Waals surface area (Å²) >= 11 is 0. The first-order valence-corrected chi connectivity index (χ1v) is 6.71. The lowest BCUT2D eigenvalue weighted by atomic mass is 10.1. The third-order valence-electron chi connectivity index (χ3n) is 2.84. The molecule has 1 rings (SSSR count). The SMILES string of the molecule is CCCCCCCC(=O)Nc1ccc(CN)cn1. The number of hydrogen-bond donors (Lipinski definition) is 2. The van der Waals surface area contributed by atoms with Gasteiger partial charge in [-0.05, 0) is 18.1 Å². The number of pyridine rings is 1. The highest BCUT2D eigenvalue weighted by molar-refractivity contribution is 5.89. The molecule has 1 aromatic rings. The minimum atomic E-state index is 0.0412. The van der Waals surface area contributed by atoms with Crippen molar-refractivity contribution in [3.8, 4) is 0 Å². The highest BCUT2D eigenvalue weighted by atomic mass is 16.1. The molecular formula is C14H23N3O. The summed E-state index contributed by atoms with van der Waals surface area (Å²) in [4.78, 5) is 15.8. The summed E-state index contributed by atoms with van der Waals surface area (Å²) in [5.74, 6) is 0.644. The van der Waals surface area contributed by atoms with Crippen molar-refractivity contribution >= 4 is 11.7 Å². The summed E-state index contributed by atoms with van der Waals surface area (Å²) < 4.78 is 0. The van der Waals surface area contributed by atoms with Gasteiger partial charge in [0.25, 0.3) is 0 Å². The van der Waals surface area contributed by atoms with E-state index in [1.807, 2.05) is 6.07 Å². The molecule has 4 nitrogen and oxygen atoms in total. The number of rotatable bonds is 8. The van der Waals surface area contributed by atoms with Gasteiger partial charge in [-0.15, -0.1) is 0 Å². The molecule has 0 aliphatic rings. The molecule has 0 bridgehead atoms. The standard InChI is InChI=1S/C14H23N3O/c1-2-3-4-5-6-7-14(18)17-13-9-8-12(10-15)11-16-13/h8-9,11H,2-7,10,15H2,1H3,(H,16,17,18). The maximum atomic E-state index is 11.6. The van der Waals surface area contributed by atoms with Crippen LogP contribution in [0.4, 0.5) is 5.82 Å². The van der Waals surface area contributed by atoms with Gasteiger partial charge in [-0.3, -0.25) is 4.79 Å². The van der Waals surface area contributed by atoms with Gasteiger partial charge in [0, 0.05) is 19.2 Å². The zero-order chi connectivity index (χ0) is 13.2. The van der Waals surface area contributed by atoms with Crippen LogP contribution < -0.4 is 11.1 Å². The topological polar surface area (TPSA) is 68.0 Å². The van der Waals surface area contributed by atoms with Crippen molar-refractivity contribution in [1.82, 2.24) is 4.98 Å². The molecule has 0 fully saturated rings. The Kier molecular flexibility index (Phi) is 7.03.